The summed E-state index contributed by atoms with van der Waals surface area (Å²) in [6, 6.07) is 0.475. The first-order valence-electron chi connectivity index (χ1n) is 4.53. The number of hydrogen-bond acceptors (Lipinski definition) is 3. The number of rotatable bonds is 4. The summed E-state index contributed by atoms with van der Waals surface area (Å²) in [6.45, 7) is 5.49. The molecule has 2 N–H and O–H groups in total. The second-order valence-corrected chi connectivity index (χ2v) is 3.31. The number of carboxylic acids is 1. The molecule has 74 valence electrons. The Morgan fingerprint density at radius 2 is 2.23 bits per heavy atom. The van der Waals surface area contributed by atoms with Crippen LogP contribution in [-0.4, -0.2) is 41.7 Å². The van der Waals surface area contributed by atoms with E-state index in [1.807, 2.05) is 4.90 Å². The standard InChI is InChI=1S/C9H16N2O2/c1-2-10-8-3-5-11(6-4-8)7-9(12)13/h2,8,10H,1,3-7H2,(H,12,13). The van der Waals surface area contributed by atoms with Gasteiger partial charge in [0, 0.05) is 19.1 Å². The third-order valence-electron chi connectivity index (χ3n) is 2.30. The van der Waals surface area contributed by atoms with Crippen LogP contribution in [0.3, 0.4) is 0 Å². The van der Waals surface area contributed by atoms with Crippen LogP contribution >= 0.6 is 0 Å². The molecule has 4 nitrogen and oxygen atoms in total. The third-order valence-corrected chi connectivity index (χ3v) is 2.30. The highest BCUT2D eigenvalue weighted by atomic mass is 16.4. The van der Waals surface area contributed by atoms with Gasteiger partial charge in [-0.15, -0.1) is 0 Å². The zero-order chi connectivity index (χ0) is 9.68. The van der Waals surface area contributed by atoms with Gasteiger partial charge in [-0.25, -0.2) is 0 Å². The van der Waals surface area contributed by atoms with Crippen LogP contribution in [0.1, 0.15) is 12.8 Å². The third kappa shape index (κ3) is 3.46. The maximum absolute atomic E-state index is 10.4. The molecule has 1 aliphatic rings. The van der Waals surface area contributed by atoms with Gasteiger partial charge in [-0.1, -0.05) is 6.58 Å². The zero-order valence-corrected chi connectivity index (χ0v) is 7.70. The van der Waals surface area contributed by atoms with Crippen molar-refractivity contribution in [3.8, 4) is 0 Å². The van der Waals surface area contributed by atoms with Crippen molar-refractivity contribution in [3.05, 3.63) is 12.8 Å². The summed E-state index contributed by atoms with van der Waals surface area (Å²) < 4.78 is 0. The molecule has 1 heterocycles. The Kier molecular flexibility index (Phi) is 3.76. The van der Waals surface area contributed by atoms with Crippen LogP contribution in [0.5, 0.6) is 0 Å². The van der Waals surface area contributed by atoms with E-state index in [1.165, 1.54) is 0 Å². The summed E-state index contributed by atoms with van der Waals surface area (Å²) in [4.78, 5) is 12.4. The quantitative estimate of drug-likeness (QED) is 0.658. The number of likely N-dealkylation sites (tertiary alicyclic amines) is 1. The number of piperidine rings is 1. The molecule has 0 unspecified atom stereocenters. The molecular formula is C9H16N2O2. The van der Waals surface area contributed by atoms with Gasteiger partial charge in [-0.2, -0.15) is 0 Å². The van der Waals surface area contributed by atoms with Crippen LogP contribution in [0.4, 0.5) is 0 Å². The minimum absolute atomic E-state index is 0.167. The molecule has 0 aliphatic carbocycles. The summed E-state index contributed by atoms with van der Waals surface area (Å²) in [5.41, 5.74) is 0. The Labute approximate surface area is 78.2 Å². The first-order valence-corrected chi connectivity index (χ1v) is 4.53. The van der Waals surface area contributed by atoms with Crippen molar-refractivity contribution in [2.45, 2.75) is 18.9 Å². The van der Waals surface area contributed by atoms with Crippen LogP contribution in [0.25, 0.3) is 0 Å². The van der Waals surface area contributed by atoms with Crippen LogP contribution in [0.2, 0.25) is 0 Å². The Morgan fingerprint density at radius 3 is 2.69 bits per heavy atom. The van der Waals surface area contributed by atoms with Gasteiger partial charge in [-0.05, 0) is 19.0 Å². The van der Waals surface area contributed by atoms with Crippen molar-refractivity contribution in [3.63, 3.8) is 0 Å². The lowest BCUT2D eigenvalue weighted by atomic mass is 10.1. The van der Waals surface area contributed by atoms with E-state index in [-0.39, 0.29) is 6.54 Å². The minimum Gasteiger partial charge on any atom is -0.480 e. The molecule has 0 atom stereocenters. The number of carboxylic acid groups (broad SMARTS) is 1. The molecule has 13 heavy (non-hydrogen) atoms. The van der Waals surface area contributed by atoms with E-state index < -0.39 is 5.97 Å². The van der Waals surface area contributed by atoms with Gasteiger partial charge in [0.25, 0.3) is 0 Å². The van der Waals surface area contributed by atoms with E-state index in [0.29, 0.717) is 6.04 Å². The van der Waals surface area contributed by atoms with Crippen molar-refractivity contribution in [1.29, 1.82) is 0 Å². The van der Waals surface area contributed by atoms with Crippen molar-refractivity contribution in [2.24, 2.45) is 0 Å². The summed E-state index contributed by atoms with van der Waals surface area (Å²) in [7, 11) is 0. The Balaban J connectivity index is 2.22. The molecule has 1 rings (SSSR count). The van der Waals surface area contributed by atoms with Gasteiger partial charge in [0.05, 0.1) is 6.54 Å². The van der Waals surface area contributed by atoms with Gasteiger partial charge < -0.3 is 10.4 Å². The number of hydrogen-bond donors (Lipinski definition) is 2. The average molecular weight is 184 g/mol. The smallest absolute Gasteiger partial charge is 0.317 e. The summed E-state index contributed by atoms with van der Waals surface area (Å²) >= 11 is 0. The van der Waals surface area contributed by atoms with E-state index in [4.69, 9.17) is 5.11 Å². The molecule has 4 heteroatoms. The molecule has 0 aromatic rings. The van der Waals surface area contributed by atoms with Crippen LogP contribution in [0.15, 0.2) is 12.8 Å². The number of nitrogens with zero attached hydrogens (tertiary/aromatic N) is 1. The zero-order valence-electron chi connectivity index (χ0n) is 7.70. The van der Waals surface area contributed by atoms with Gasteiger partial charge >= 0.3 is 5.97 Å². The lowest BCUT2D eigenvalue weighted by molar-refractivity contribution is -0.138. The molecule has 0 aromatic carbocycles. The summed E-state index contributed by atoms with van der Waals surface area (Å²) in [6.07, 6.45) is 3.70. The fourth-order valence-electron chi connectivity index (χ4n) is 1.62. The van der Waals surface area contributed by atoms with Gasteiger partial charge in [0.2, 0.25) is 0 Å². The fraction of sp³-hybridized carbons (Fsp3) is 0.667. The average Bonchev–Trinajstić information content (AvgIpc) is 2.08. The lowest BCUT2D eigenvalue weighted by Gasteiger charge is -2.30. The highest BCUT2D eigenvalue weighted by Crippen LogP contribution is 2.09. The summed E-state index contributed by atoms with van der Waals surface area (Å²) in [5.74, 6) is -0.741. The number of aliphatic carboxylic acids is 1. The van der Waals surface area contributed by atoms with E-state index in [9.17, 15) is 4.79 Å². The predicted molar refractivity (Wildman–Crippen MR) is 50.4 cm³/mol. The SMILES string of the molecule is C=CNC1CCN(CC(=O)O)CC1. The highest BCUT2D eigenvalue weighted by molar-refractivity contribution is 5.69. The van der Waals surface area contributed by atoms with Crippen molar-refractivity contribution in [1.82, 2.24) is 10.2 Å². The van der Waals surface area contributed by atoms with E-state index in [0.717, 1.165) is 25.9 Å². The van der Waals surface area contributed by atoms with Crippen molar-refractivity contribution < 1.29 is 9.90 Å². The first kappa shape index (κ1) is 10.1. The lowest BCUT2D eigenvalue weighted by Crippen LogP contribution is -2.42. The van der Waals surface area contributed by atoms with Gasteiger partial charge in [0.15, 0.2) is 0 Å². The monoisotopic (exact) mass is 184 g/mol. The van der Waals surface area contributed by atoms with Gasteiger partial charge in [-0.3, -0.25) is 9.69 Å². The maximum atomic E-state index is 10.4. The Hall–Kier alpha value is -1.03. The number of nitrogens with one attached hydrogen (secondary N) is 1. The predicted octanol–water partition coefficient (Wildman–Crippen LogP) is 0.268. The largest absolute Gasteiger partial charge is 0.480 e. The van der Waals surface area contributed by atoms with Crippen molar-refractivity contribution in [2.75, 3.05) is 19.6 Å². The van der Waals surface area contributed by atoms with Gasteiger partial charge in [0.1, 0.15) is 0 Å². The second kappa shape index (κ2) is 4.87. The second-order valence-electron chi connectivity index (χ2n) is 3.31. The molecular weight excluding hydrogens is 168 g/mol. The molecule has 0 amide bonds. The Bertz CT molecular complexity index is 186. The van der Waals surface area contributed by atoms with Crippen LogP contribution in [0, 0.1) is 0 Å². The van der Waals surface area contributed by atoms with Crippen molar-refractivity contribution >= 4 is 5.97 Å². The fourth-order valence-corrected chi connectivity index (χ4v) is 1.62. The number of carbonyl (C=O) groups is 1. The highest BCUT2D eigenvalue weighted by Gasteiger charge is 2.19. The molecule has 0 bridgehead atoms. The normalized spacial score (nSPS) is 19.7. The van der Waals surface area contributed by atoms with Crippen LogP contribution < -0.4 is 5.32 Å². The molecule has 0 aromatic heterocycles. The molecule has 1 saturated heterocycles. The molecule has 0 saturated carbocycles. The molecule has 0 radical (unpaired) electrons. The topological polar surface area (TPSA) is 52.6 Å². The maximum Gasteiger partial charge on any atom is 0.317 e. The molecule has 0 spiro atoms. The molecule has 1 fully saturated rings. The van der Waals surface area contributed by atoms with E-state index in [1.54, 1.807) is 6.20 Å². The van der Waals surface area contributed by atoms with E-state index in [2.05, 4.69) is 11.9 Å². The molecule has 1 aliphatic heterocycles. The summed E-state index contributed by atoms with van der Waals surface area (Å²) in [5, 5.41) is 11.7. The Morgan fingerprint density at radius 1 is 1.62 bits per heavy atom. The van der Waals surface area contributed by atoms with E-state index >= 15 is 0 Å². The van der Waals surface area contributed by atoms with Crippen LogP contribution in [-0.2, 0) is 4.79 Å². The first-order chi connectivity index (χ1) is 6.22. The minimum atomic E-state index is -0.741.